The summed E-state index contributed by atoms with van der Waals surface area (Å²) in [5, 5.41) is 0. The first-order valence-electron chi connectivity index (χ1n) is 14.6. The molecule has 1 fully saturated rings. The Balaban J connectivity index is 1.35. The van der Waals surface area contributed by atoms with Crippen LogP contribution in [0.1, 0.15) is 66.7 Å². The second-order valence-electron chi connectivity index (χ2n) is 12.3. The fourth-order valence-electron chi connectivity index (χ4n) is 6.59. The van der Waals surface area contributed by atoms with Gasteiger partial charge < -0.3 is 9.47 Å². The average Bonchev–Trinajstić information content (AvgIpc) is 3.32. The molecule has 0 bridgehead atoms. The topological polar surface area (TPSA) is 84.3 Å². The summed E-state index contributed by atoms with van der Waals surface area (Å²) in [5.41, 5.74) is 4.80. The van der Waals surface area contributed by atoms with Crippen molar-refractivity contribution >= 4 is 21.6 Å². The third kappa shape index (κ3) is 5.29. The van der Waals surface area contributed by atoms with E-state index >= 15 is 0 Å². The van der Waals surface area contributed by atoms with Crippen molar-refractivity contribution in [3.63, 3.8) is 0 Å². The summed E-state index contributed by atoms with van der Waals surface area (Å²) >= 11 is 0. The van der Waals surface area contributed by atoms with Gasteiger partial charge in [0.15, 0.2) is 0 Å². The Bertz CT molecular complexity index is 1710. The molecule has 7 nitrogen and oxygen atoms in total. The molecule has 1 aromatic heterocycles. The minimum Gasteiger partial charge on any atom is -0.337 e. The maximum Gasteiger partial charge on any atom is 0.241 e. The Morgan fingerprint density at radius 3 is 2.50 bits per heavy atom. The number of carbonyl (C=O) groups excluding carboxylic acids is 1. The summed E-state index contributed by atoms with van der Waals surface area (Å²) in [6.07, 6.45) is 6.08. The van der Waals surface area contributed by atoms with Crippen LogP contribution in [0, 0.1) is 18.3 Å². The molecule has 0 unspecified atom stereocenters. The summed E-state index contributed by atoms with van der Waals surface area (Å²) in [6.45, 7) is 6.59. The van der Waals surface area contributed by atoms with Gasteiger partial charge in [0.2, 0.25) is 15.9 Å². The van der Waals surface area contributed by atoms with Crippen LogP contribution in [-0.4, -0.2) is 23.9 Å². The largest absolute Gasteiger partial charge is 0.337 e. The first kappa shape index (κ1) is 28.4. The van der Waals surface area contributed by atoms with Gasteiger partial charge in [0, 0.05) is 37.1 Å². The molecular formula is C34H38N4O3S. The Hall–Kier alpha value is -3.75. The number of aromatic nitrogens is 2. The highest BCUT2D eigenvalue weighted by molar-refractivity contribution is 7.89. The van der Waals surface area contributed by atoms with Crippen LogP contribution in [0.4, 0.5) is 5.69 Å². The Labute approximate surface area is 248 Å². The monoisotopic (exact) mass is 582 g/mol. The maximum absolute atomic E-state index is 14.4. The molecule has 42 heavy (non-hydrogen) atoms. The molecule has 1 N–H and O–H groups in total. The summed E-state index contributed by atoms with van der Waals surface area (Å²) in [7, 11) is -1.78. The van der Waals surface area contributed by atoms with Crippen molar-refractivity contribution in [1.29, 1.82) is 0 Å². The number of aryl methyl sites for hydroxylation is 3. The third-order valence-electron chi connectivity index (χ3n) is 9.12. The molecule has 3 atom stereocenters. The predicted octanol–water partition coefficient (Wildman–Crippen LogP) is 6.06. The highest BCUT2D eigenvalue weighted by Crippen LogP contribution is 2.65. The van der Waals surface area contributed by atoms with E-state index in [1.165, 1.54) is 5.56 Å². The molecule has 1 heterocycles. The molecule has 0 saturated heterocycles. The van der Waals surface area contributed by atoms with Crippen molar-refractivity contribution in [2.45, 2.75) is 63.4 Å². The number of nitrogens with one attached hydrogen (secondary N) is 1. The molecule has 0 spiro atoms. The lowest BCUT2D eigenvalue weighted by Crippen LogP contribution is -2.35. The van der Waals surface area contributed by atoms with Crippen LogP contribution in [0.25, 0.3) is 0 Å². The molecule has 1 saturated carbocycles. The van der Waals surface area contributed by atoms with E-state index in [-0.39, 0.29) is 34.1 Å². The molecule has 4 aromatic rings. The first-order chi connectivity index (χ1) is 20.1. The molecule has 0 aliphatic heterocycles. The van der Waals surface area contributed by atoms with Gasteiger partial charge in [0.1, 0.15) is 5.82 Å². The van der Waals surface area contributed by atoms with E-state index in [2.05, 4.69) is 41.8 Å². The number of carbonyl (C=O) groups is 1. The average molecular weight is 583 g/mol. The molecule has 1 amide bonds. The fraction of sp³-hybridized carbons (Fsp3) is 0.353. The van der Waals surface area contributed by atoms with E-state index in [9.17, 15) is 13.2 Å². The van der Waals surface area contributed by atoms with Crippen LogP contribution in [0.5, 0.6) is 0 Å². The summed E-state index contributed by atoms with van der Waals surface area (Å²) in [5.74, 6) is 0.797. The highest BCUT2D eigenvalue weighted by Gasteiger charge is 2.63. The molecular weight excluding hydrogens is 544 g/mol. The fourth-order valence-corrected chi connectivity index (χ4v) is 7.84. The van der Waals surface area contributed by atoms with Crippen LogP contribution >= 0.6 is 0 Å². The van der Waals surface area contributed by atoms with Crippen LogP contribution in [0.3, 0.4) is 0 Å². The summed E-state index contributed by atoms with van der Waals surface area (Å²) in [4.78, 5) is 21.0. The second kappa shape index (κ2) is 10.8. The van der Waals surface area contributed by atoms with Crippen molar-refractivity contribution in [2.24, 2.45) is 18.4 Å². The lowest BCUT2D eigenvalue weighted by molar-refractivity contribution is -0.120. The minimum atomic E-state index is -3.72. The van der Waals surface area contributed by atoms with Crippen molar-refractivity contribution < 1.29 is 13.2 Å². The van der Waals surface area contributed by atoms with Gasteiger partial charge in [0.05, 0.1) is 17.4 Å². The number of rotatable bonds is 8. The zero-order valence-electron chi connectivity index (χ0n) is 24.6. The van der Waals surface area contributed by atoms with Crippen LogP contribution in [0.2, 0.25) is 0 Å². The van der Waals surface area contributed by atoms with Crippen LogP contribution in [0.15, 0.2) is 90.1 Å². The number of fused-ring (bicyclic) bond motifs is 1. The highest BCUT2D eigenvalue weighted by atomic mass is 32.2. The van der Waals surface area contributed by atoms with Crippen molar-refractivity contribution in [3.05, 3.63) is 113 Å². The standard InChI is InChI=1S/C34H38N4O3S/c1-23-13-17-27(18-14-23)42(40,41)36-29-12-8-11-24-15-16-26(21-28(24)29)38(22-30-35-19-20-37(30)4)33(39)32-31(34(32,2)3)25-9-6-5-7-10-25/h5-7,9-10,13-21,29,31-32,36H,8,11-12,22H2,1-4H3/t29-,31+,32-/m0/s1. The molecule has 0 radical (unpaired) electrons. The predicted molar refractivity (Wildman–Crippen MR) is 164 cm³/mol. The smallest absolute Gasteiger partial charge is 0.241 e. The molecule has 3 aromatic carbocycles. The van der Waals surface area contributed by atoms with Gasteiger partial charge in [-0.2, -0.15) is 0 Å². The number of anilines is 1. The van der Waals surface area contributed by atoms with Crippen LogP contribution in [-0.2, 0) is 34.8 Å². The SMILES string of the molecule is Cc1ccc(S(=O)(=O)N[C@H]2CCCc3ccc(N(Cc4nccn4C)C(=O)[C@@H]4[C@@H](c5ccccc5)C4(C)C)cc32)cc1. The third-order valence-corrected chi connectivity index (χ3v) is 10.6. The van der Waals surface area contributed by atoms with Gasteiger partial charge in [-0.05, 0) is 72.6 Å². The minimum absolute atomic E-state index is 0.0596. The van der Waals surface area contributed by atoms with Crippen molar-refractivity contribution in [3.8, 4) is 0 Å². The van der Waals surface area contributed by atoms with E-state index < -0.39 is 10.0 Å². The molecule has 2 aliphatic carbocycles. The van der Waals surface area contributed by atoms with Crippen LogP contribution < -0.4 is 9.62 Å². The second-order valence-corrected chi connectivity index (χ2v) is 14.0. The Morgan fingerprint density at radius 1 is 1.07 bits per heavy atom. The van der Waals surface area contributed by atoms with Gasteiger partial charge in [-0.1, -0.05) is 67.9 Å². The lowest BCUT2D eigenvalue weighted by Gasteiger charge is -2.30. The lowest BCUT2D eigenvalue weighted by atomic mass is 9.87. The normalized spacial score (nSPS) is 21.0. The number of hydrogen-bond donors (Lipinski definition) is 1. The maximum atomic E-state index is 14.4. The Kier molecular flexibility index (Phi) is 7.31. The molecule has 2 aliphatic rings. The number of sulfonamides is 1. The first-order valence-corrected chi connectivity index (χ1v) is 16.1. The van der Waals surface area contributed by atoms with Gasteiger partial charge in [-0.3, -0.25) is 4.79 Å². The number of imidazole rings is 1. The number of benzene rings is 3. The van der Waals surface area contributed by atoms with E-state index in [1.54, 1.807) is 18.3 Å². The quantitative estimate of drug-likeness (QED) is 0.274. The van der Waals surface area contributed by atoms with Gasteiger partial charge >= 0.3 is 0 Å². The van der Waals surface area contributed by atoms with E-state index in [4.69, 9.17) is 0 Å². The van der Waals surface area contributed by atoms with Gasteiger partial charge in [0.25, 0.3) is 0 Å². The van der Waals surface area contributed by atoms with E-state index in [0.29, 0.717) is 13.0 Å². The zero-order valence-corrected chi connectivity index (χ0v) is 25.4. The van der Waals surface area contributed by atoms with Crippen molar-refractivity contribution in [2.75, 3.05) is 4.90 Å². The zero-order chi connectivity index (χ0) is 29.6. The summed E-state index contributed by atoms with van der Waals surface area (Å²) < 4.78 is 31.6. The Morgan fingerprint density at radius 2 is 1.81 bits per heavy atom. The van der Waals surface area contributed by atoms with Crippen molar-refractivity contribution in [1.82, 2.24) is 14.3 Å². The molecule has 218 valence electrons. The molecule has 6 rings (SSSR count). The van der Waals surface area contributed by atoms with E-state index in [0.717, 1.165) is 41.0 Å². The van der Waals surface area contributed by atoms with E-state index in [1.807, 2.05) is 72.1 Å². The van der Waals surface area contributed by atoms with Gasteiger partial charge in [-0.25, -0.2) is 18.1 Å². The molecule has 8 heteroatoms. The number of nitrogens with zero attached hydrogens (tertiary/aromatic N) is 3. The number of hydrogen-bond acceptors (Lipinski definition) is 4. The summed E-state index contributed by atoms with van der Waals surface area (Å²) in [6, 6.07) is 22.9. The van der Waals surface area contributed by atoms with Gasteiger partial charge in [-0.15, -0.1) is 0 Å². The number of amides is 1.